The Morgan fingerprint density at radius 2 is 1.71 bits per heavy atom. The fourth-order valence-electron chi connectivity index (χ4n) is 3.20. The van der Waals surface area contributed by atoms with Gasteiger partial charge in [-0.15, -0.1) is 0 Å². The summed E-state index contributed by atoms with van der Waals surface area (Å²) in [5.41, 5.74) is 3.83. The number of anilines is 1. The molecule has 5 nitrogen and oxygen atoms in total. The number of carbonyl (C=O) groups excluding carboxylic acids is 2. The zero-order chi connectivity index (χ0) is 22.5. The summed E-state index contributed by atoms with van der Waals surface area (Å²) in [6.45, 7) is 5.05. The van der Waals surface area contributed by atoms with Gasteiger partial charge in [-0.1, -0.05) is 69.0 Å². The second-order valence-electron chi connectivity index (χ2n) is 7.46. The van der Waals surface area contributed by atoms with Crippen LogP contribution >= 0.6 is 0 Å². The summed E-state index contributed by atoms with van der Waals surface area (Å²) in [5, 5.41) is 3.00. The van der Waals surface area contributed by atoms with Gasteiger partial charge < -0.3 is 10.1 Å². The van der Waals surface area contributed by atoms with E-state index < -0.39 is 0 Å². The van der Waals surface area contributed by atoms with Crippen molar-refractivity contribution in [2.24, 2.45) is 0 Å². The third-order valence-corrected chi connectivity index (χ3v) is 5.04. The Balaban J connectivity index is 1.96. The van der Waals surface area contributed by atoms with Gasteiger partial charge >= 0.3 is 12.0 Å². The maximum Gasteiger partial charge on any atom is 0.330 e. The van der Waals surface area contributed by atoms with Crippen LogP contribution in [0, 0.1) is 0 Å². The van der Waals surface area contributed by atoms with E-state index in [1.54, 1.807) is 24.9 Å². The van der Waals surface area contributed by atoms with Crippen molar-refractivity contribution in [3.63, 3.8) is 0 Å². The van der Waals surface area contributed by atoms with Gasteiger partial charge in [0.2, 0.25) is 0 Å². The van der Waals surface area contributed by atoms with Gasteiger partial charge in [-0.05, 0) is 48.2 Å². The average Bonchev–Trinajstić information content (AvgIpc) is 2.80. The van der Waals surface area contributed by atoms with E-state index in [1.807, 2.05) is 48.5 Å². The number of hydrogen-bond acceptors (Lipinski definition) is 3. The topological polar surface area (TPSA) is 58.6 Å². The Morgan fingerprint density at radius 3 is 2.42 bits per heavy atom. The number of rotatable bonds is 11. The summed E-state index contributed by atoms with van der Waals surface area (Å²) in [4.78, 5) is 25.6. The molecular weight excluding hydrogens is 388 g/mol. The number of amides is 2. The van der Waals surface area contributed by atoms with E-state index >= 15 is 0 Å². The minimum absolute atomic E-state index is 0.0907. The zero-order valence-electron chi connectivity index (χ0n) is 18.9. The summed E-state index contributed by atoms with van der Waals surface area (Å²) < 4.78 is 4.89. The highest BCUT2D eigenvalue weighted by molar-refractivity contribution is 5.92. The van der Waals surface area contributed by atoms with Gasteiger partial charge in [0.15, 0.2) is 0 Å². The van der Waals surface area contributed by atoms with E-state index in [4.69, 9.17) is 4.74 Å². The number of hydrogen-bond donors (Lipinski definition) is 1. The standard InChI is InChI=1S/C26H34N2O3/c1-4-6-7-8-9-19-27-26(30)28(3)24-12-10-11-23(20-24)22-16-13-21(14-17-22)15-18-25(29)31-5-2/h10-18,20H,4-9,19H2,1-3H3,(H,27,30)/b18-15+. The minimum Gasteiger partial charge on any atom is -0.463 e. The van der Waals surface area contributed by atoms with E-state index in [1.165, 1.54) is 25.3 Å². The van der Waals surface area contributed by atoms with Crippen molar-refractivity contribution in [2.45, 2.75) is 46.0 Å². The number of unbranched alkanes of at least 4 members (excludes halogenated alkanes) is 4. The van der Waals surface area contributed by atoms with Crippen molar-refractivity contribution in [2.75, 3.05) is 25.1 Å². The van der Waals surface area contributed by atoms with Gasteiger partial charge in [-0.25, -0.2) is 9.59 Å². The third kappa shape index (κ3) is 8.28. The predicted molar refractivity (Wildman–Crippen MR) is 128 cm³/mol. The molecule has 0 bridgehead atoms. The summed E-state index contributed by atoms with van der Waals surface area (Å²) in [6, 6.07) is 15.7. The van der Waals surface area contributed by atoms with Crippen LogP contribution in [-0.4, -0.2) is 32.2 Å². The highest BCUT2D eigenvalue weighted by Gasteiger charge is 2.11. The van der Waals surface area contributed by atoms with Crippen LogP contribution in [-0.2, 0) is 9.53 Å². The smallest absolute Gasteiger partial charge is 0.330 e. The Labute approximate surface area is 186 Å². The molecule has 1 N–H and O–H groups in total. The van der Waals surface area contributed by atoms with Gasteiger partial charge in [-0.2, -0.15) is 0 Å². The molecule has 0 aliphatic heterocycles. The first kappa shape index (κ1) is 24.2. The van der Waals surface area contributed by atoms with Crippen LogP contribution < -0.4 is 10.2 Å². The van der Waals surface area contributed by atoms with Crippen LogP contribution in [0.1, 0.15) is 51.5 Å². The molecule has 2 rings (SSSR count). The Bertz CT molecular complexity index is 859. The fraction of sp³-hybridized carbons (Fsp3) is 0.385. The molecule has 0 saturated heterocycles. The molecule has 0 atom stereocenters. The highest BCUT2D eigenvalue weighted by atomic mass is 16.5. The molecule has 166 valence electrons. The molecular formula is C26H34N2O3. The Hall–Kier alpha value is -3.08. The van der Waals surface area contributed by atoms with Crippen molar-refractivity contribution in [1.29, 1.82) is 0 Å². The van der Waals surface area contributed by atoms with E-state index in [9.17, 15) is 9.59 Å². The molecule has 2 amide bonds. The SMILES string of the molecule is CCCCCCCNC(=O)N(C)c1cccc(-c2ccc(/C=C/C(=O)OCC)cc2)c1. The quantitative estimate of drug-likeness (QED) is 0.273. The lowest BCUT2D eigenvalue weighted by Gasteiger charge is -2.19. The first-order chi connectivity index (χ1) is 15.0. The summed E-state index contributed by atoms with van der Waals surface area (Å²) in [5.74, 6) is -0.346. The molecule has 0 unspecified atom stereocenters. The van der Waals surface area contributed by atoms with Crippen LogP contribution in [0.25, 0.3) is 17.2 Å². The predicted octanol–water partition coefficient (Wildman–Crippen LogP) is 6.05. The summed E-state index contributed by atoms with van der Waals surface area (Å²) >= 11 is 0. The lowest BCUT2D eigenvalue weighted by Crippen LogP contribution is -2.37. The van der Waals surface area contributed by atoms with Crippen molar-refractivity contribution in [3.8, 4) is 11.1 Å². The molecule has 0 fully saturated rings. The molecule has 31 heavy (non-hydrogen) atoms. The van der Waals surface area contributed by atoms with E-state index in [-0.39, 0.29) is 12.0 Å². The zero-order valence-corrected chi connectivity index (χ0v) is 18.9. The summed E-state index contributed by atoms with van der Waals surface area (Å²) in [7, 11) is 1.79. The van der Waals surface area contributed by atoms with E-state index in [0.717, 1.165) is 35.2 Å². The second-order valence-corrected chi connectivity index (χ2v) is 7.46. The van der Waals surface area contributed by atoms with Crippen molar-refractivity contribution in [1.82, 2.24) is 5.32 Å². The Morgan fingerprint density at radius 1 is 0.968 bits per heavy atom. The van der Waals surface area contributed by atoms with E-state index in [2.05, 4.69) is 12.2 Å². The minimum atomic E-state index is -0.346. The van der Waals surface area contributed by atoms with Crippen LogP contribution in [0.3, 0.4) is 0 Å². The lowest BCUT2D eigenvalue weighted by molar-refractivity contribution is -0.137. The number of esters is 1. The molecule has 0 spiro atoms. The fourth-order valence-corrected chi connectivity index (χ4v) is 3.20. The normalized spacial score (nSPS) is 10.8. The van der Waals surface area contributed by atoms with Crippen LogP contribution in [0.2, 0.25) is 0 Å². The highest BCUT2D eigenvalue weighted by Crippen LogP contribution is 2.25. The molecule has 0 aromatic heterocycles. The first-order valence-electron chi connectivity index (χ1n) is 11.1. The molecule has 0 heterocycles. The average molecular weight is 423 g/mol. The number of urea groups is 1. The molecule has 0 saturated carbocycles. The number of nitrogens with zero attached hydrogens (tertiary/aromatic N) is 1. The van der Waals surface area contributed by atoms with Crippen LogP contribution in [0.15, 0.2) is 54.6 Å². The van der Waals surface area contributed by atoms with Gasteiger partial charge in [-0.3, -0.25) is 4.90 Å². The van der Waals surface area contributed by atoms with Crippen LogP contribution in [0.5, 0.6) is 0 Å². The third-order valence-electron chi connectivity index (χ3n) is 5.04. The second kappa shape index (κ2) is 13.3. The molecule has 0 radical (unpaired) electrons. The number of nitrogens with one attached hydrogen (secondary N) is 1. The first-order valence-corrected chi connectivity index (χ1v) is 11.1. The molecule has 0 aliphatic carbocycles. The van der Waals surface area contributed by atoms with Crippen LogP contribution in [0.4, 0.5) is 10.5 Å². The monoisotopic (exact) mass is 422 g/mol. The van der Waals surface area contributed by atoms with Gasteiger partial charge in [0.1, 0.15) is 0 Å². The number of ether oxygens (including phenoxy) is 1. The van der Waals surface area contributed by atoms with Crippen molar-refractivity contribution >= 4 is 23.8 Å². The summed E-state index contributed by atoms with van der Waals surface area (Å²) in [6.07, 6.45) is 9.02. The maximum absolute atomic E-state index is 12.5. The molecule has 2 aromatic carbocycles. The maximum atomic E-state index is 12.5. The van der Waals surface area contributed by atoms with Gasteiger partial charge in [0, 0.05) is 25.4 Å². The van der Waals surface area contributed by atoms with Gasteiger partial charge in [0.25, 0.3) is 0 Å². The molecule has 2 aromatic rings. The Kier molecular flexibility index (Phi) is 10.4. The molecule has 0 aliphatic rings. The number of benzene rings is 2. The van der Waals surface area contributed by atoms with Crippen molar-refractivity contribution in [3.05, 3.63) is 60.2 Å². The van der Waals surface area contributed by atoms with E-state index in [0.29, 0.717) is 13.2 Å². The molecule has 5 heteroatoms. The van der Waals surface area contributed by atoms with Gasteiger partial charge in [0.05, 0.1) is 6.61 Å². The van der Waals surface area contributed by atoms with Crippen molar-refractivity contribution < 1.29 is 14.3 Å². The lowest BCUT2D eigenvalue weighted by atomic mass is 10.0. The number of carbonyl (C=O) groups is 2. The largest absolute Gasteiger partial charge is 0.463 e.